The number of aromatic nitrogens is 1. The average Bonchev–Trinajstić information content (AvgIpc) is 3.20. The molecule has 4 rings (SSSR count). The number of carbonyl (C=O) groups excluding carboxylic acids is 1. The highest BCUT2D eigenvalue weighted by atomic mass is 16.5. The number of fused-ring (bicyclic) bond motifs is 1. The number of pyridine rings is 1. The number of nitrogens with zero attached hydrogens (tertiary/aromatic N) is 6. The van der Waals surface area contributed by atoms with Crippen molar-refractivity contribution in [3.8, 4) is 5.88 Å². The summed E-state index contributed by atoms with van der Waals surface area (Å²) in [5, 5.41) is 9.67. The minimum Gasteiger partial charge on any atom is -0.480 e. The van der Waals surface area contributed by atoms with Crippen molar-refractivity contribution in [3.63, 3.8) is 0 Å². The Balaban J connectivity index is 1.51. The van der Waals surface area contributed by atoms with Gasteiger partial charge in [-0.15, -0.1) is 0 Å². The number of rotatable bonds is 9. The van der Waals surface area contributed by atoms with Crippen molar-refractivity contribution < 1.29 is 9.53 Å². The van der Waals surface area contributed by atoms with E-state index in [9.17, 15) is 4.79 Å². The summed E-state index contributed by atoms with van der Waals surface area (Å²) in [7, 11) is 7.68. The normalized spacial score (nSPS) is 22.9. The van der Waals surface area contributed by atoms with Crippen LogP contribution in [-0.2, 0) is 4.79 Å². The monoisotopic (exact) mass is 469 g/mol. The molecule has 0 saturated heterocycles. The second-order valence-electron chi connectivity index (χ2n) is 9.69. The maximum Gasteiger partial charge on any atom is 0.238 e. The van der Waals surface area contributed by atoms with Crippen LogP contribution >= 0.6 is 0 Å². The van der Waals surface area contributed by atoms with Crippen LogP contribution in [0.3, 0.4) is 0 Å². The highest BCUT2D eigenvalue weighted by molar-refractivity contribution is 6.18. The Morgan fingerprint density at radius 3 is 2.65 bits per heavy atom. The zero-order chi connectivity index (χ0) is 24.2. The maximum atomic E-state index is 13.3. The lowest BCUT2D eigenvalue weighted by Crippen LogP contribution is -2.51. The molecule has 0 bridgehead atoms. The van der Waals surface area contributed by atoms with Gasteiger partial charge in [0.2, 0.25) is 11.8 Å². The fourth-order valence-electron chi connectivity index (χ4n) is 5.16. The number of carbonyl (C=O) groups is 1. The second kappa shape index (κ2) is 10.7. The summed E-state index contributed by atoms with van der Waals surface area (Å²) >= 11 is 0. The van der Waals surface area contributed by atoms with Crippen LogP contribution in [0.2, 0.25) is 0 Å². The number of hydrogen-bond donors (Lipinski definition) is 1. The van der Waals surface area contributed by atoms with Gasteiger partial charge in [0.15, 0.2) is 6.17 Å². The topological polar surface area (TPSA) is 85.7 Å². The highest BCUT2D eigenvalue weighted by Crippen LogP contribution is 2.35. The summed E-state index contributed by atoms with van der Waals surface area (Å²) in [5.74, 6) is 1.83. The molecule has 0 spiro atoms. The van der Waals surface area contributed by atoms with Gasteiger partial charge in [-0.25, -0.2) is 4.99 Å². The van der Waals surface area contributed by atoms with Gasteiger partial charge in [0.25, 0.3) is 0 Å². The van der Waals surface area contributed by atoms with E-state index in [1.54, 1.807) is 7.11 Å². The van der Waals surface area contributed by atoms with Crippen LogP contribution in [-0.4, -0.2) is 86.4 Å². The fourth-order valence-corrected chi connectivity index (χ4v) is 5.16. The van der Waals surface area contributed by atoms with Crippen LogP contribution < -0.4 is 15.0 Å². The summed E-state index contributed by atoms with van der Waals surface area (Å²) in [6.07, 6.45) is 6.65. The summed E-state index contributed by atoms with van der Waals surface area (Å²) in [6.45, 7) is 5.14. The number of hydrazone groups is 1. The molecule has 3 heterocycles. The van der Waals surface area contributed by atoms with E-state index in [2.05, 4.69) is 29.1 Å². The van der Waals surface area contributed by atoms with Gasteiger partial charge >= 0.3 is 0 Å². The average molecular weight is 470 g/mol. The number of ether oxygens (including phenoxy) is 1. The molecular formula is C25H39N7O2. The lowest BCUT2D eigenvalue weighted by atomic mass is 9.80. The van der Waals surface area contributed by atoms with Gasteiger partial charge in [0.05, 0.1) is 18.4 Å². The van der Waals surface area contributed by atoms with Crippen molar-refractivity contribution in [3.05, 3.63) is 17.7 Å². The molecule has 1 fully saturated rings. The summed E-state index contributed by atoms with van der Waals surface area (Å²) < 4.78 is 5.62. The molecule has 1 N–H and O–H groups in total. The quantitative estimate of drug-likeness (QED) is 0.598. The molecule has 1 amide bonds. The smallest absolute Gasteiger partial charge is 0.238 e. The number of aliphatic imine (C=N–C) groups is 1. The van der Waals surface area contributed by atoms with Crippen LogP contribution in [0.5, 0.6) is 5.88 Å². The SMILES string of the molecule is CCN(C)CCCN(C)c1ccc(C2=NC3C(C(=O)N2)C(C2CCCCC2)=NN3C)c(OC)n1. The number of methoxy groups -OCH3 is 1. The van der Waals surface area contributed by atoms with Gasteiger partial charge in [0.1, 0.15) is 17.6 Å². The van der Waals surface area contributed by atoms with Gasteiger partial charge in [-0.1, -0.05) is 26.2 Å². The number of hydrogen-bond acceptors (Lipinski definition) is 8. The molecule has 9 nitrogen and oxygen atoms in total. The second-order valence-corrected chi connectivity index (χ2v) is 9.69. The summed E-state index contributed by atoms with van der Waals surface area (Å²) in [4.78, 5) is 27.3. The predicted octanol–water partition coefficient (Wildman–Crippen LogP) is 2.57. The van der Waals surface area contributed by atoms with E-state index in [1.807, 2.05) is 31.2 Å². The molecular weight excluding hydrogens is 430 g/mol. The molecule has 0 radical (unpaired) electrons. The van der Waals surface area contributed by atoms with E-state index < -0.39 is 0 Å². The van der Waals surface area contributed by atoms with Crippen LogP contribution in [0.4, 0.5) is 5.82 Å². The Labute approximate surface area is 203 Å². The van der Waals surface area contributed by atoms with Gasteiger partial charge in [-0.3, -0.25) is 9.80 Å². The minimum absolute atomic E-state index is 0.0352. The molecule has 1 aromatic rings. The molecule has 9 heteroatoms. The highest BCUT2D eigenvalue weighted by Gasteiger charge is 2.46. The minimum atomic E-state index is -0.317. The van der Waals surface area contributed by atoms with Crippen molar-refractivity contribution in [2.75, 3.05) is 52.8 Å². The van der Waals surface area contributed by atoms with Gasteiger partial charge in [-0.2, -0.15) is 10.1 Å². The first-order valence-corrected chi connectivity index (χ1v) is 12.6. The molecule has 0 aromatic carbocycles. The Hall–Kier alpha value is -2.68. The van der Waals surface area contributed by atoms with E-state index in [0.29, 0.717) is 23.2 Å². The maximum absolute atomic E-state index is 13.3. The fraction of sp³-hybridized carbons (Fsp3) is 0.680. The van der Waals surface area contributed by atoms with Crippen LogP contribution in [0.1, 0.15) is 51.0 Å². The zero-order valence-corrected chi connectivity index (χ0v) is 21.3. The van der Waals surface area contributed by atoms with Crippen LogP contribution in [0.25, 0.3) is 0 Å². The van der Waals surface area contributed by atoms with E-state index in [4.69, 9.17) is 19.8 Å². The molecule has 1 aliphatic carbocycles. The zero-order valence-electron chi connectivity index (χ0n) is 21.3. The molecule has 2 unspecified atom stereocenters. The Bertz CT molecular complexity index is 941. The van der Waals surface area contributed by atoms with Crippen molar-refractivity contribution >= 4 is 23.3 Å². The largest absolute Gasteiger partial charge is 0.480 e. The molecule has 3 aliphatic rings. The first-order valence-electron chi connectivity index (χ1n) is 12.6. The third-order valence-electron chi connectivity index (χ3n) is 7.34. The molecule has 1 saturated carbocycles. The van der Waals surface area contributed by atoms with Crippen molar-refractivity contribution in [1.29, 1.82) is 0 Å². The van der Waals surface area contributed by atoms with E-state index in [-0.39, 0.29) is 18.0 Å². The lowest BCUT2D eigenvalue weighted by Gasteiger charge is -2.30. The number of amides is 1. The van der Waals surface area contributed by atoms with Crippen molar-refractivity contribution in [2.45, 2.75) is 51.6 Å². The molecule has 2 atom stereocenters. The predicted molar refractivity (Wildman–Crippen MR) is 136 cm³/mol. The van der Waals surface area contributed by atoms with Crippen molar-refractivity contribution in [1.82, 2.24) is 20.2 Å². The Morgan fingerprint density at radius 2 is 1.94 bits per heavy atom. The third-order valence-corrected chi connectivity index (χ3v) is 7.34. The summed E-state index contributed by atoms with van der Waals surface area (Å²) in [5.41, 5.74) is 1.69. The molecule has 186 valence electrons. The molecule has 34 heavy (non-hydrogen) atoms. The Kier molecular flexibility index (Phi) is 7.70. The number of nitrogens with one attached hydrogen (secondary N) is 1. The van der Waals surface area contributed by atoms with E-state index >= 15 is 0 Å². The van der Waals surface area contributed by atoms with E-state index in [0.717, 1.165) is 50.4 Å². The first-order chi connectivity index (χ1) is 16.4. The number of anilines is 1. The Morgan fingerprint density at radius 1 is 1.18 bits per heavy atom. The van der Waals surface area contributed by atoms with Gasteiger partial charge in [0, 0.05) is 26.6 Å². The first kappa shape index (κ1) is 24.4. The van der Waals surface area contributed by atoms with Gasteiger partial charge in [-0.05, 0) is 51.5 Å². The summed E-state index contributed by atoms with van der Waals surface area (Å²) in [6, 6.07) is 3.90. The standard InChI is InChI=1S/C25H39N7O2/c1-6-30(2)15-10-16-31(3)19-14-13-18(25(26-19)34-5)22-27-23-20(24(33)28-22)21(29-32(23)4)17-11-8-7-9-12-17/h13-14,17,20,23H,6-12,15-16H2,1-5H3,(H,27,28,33). The lowest BCUT2D eigenvalue weighted by molar-refractivity contribution is -0.123. The van der Waals surface area contributed by atoms with E-state index in [1.165, 1.54) is 19.3 Å². The van der Waals surface area contributed by atoms with Gasteiger partial charge < -0.3 is 19.9 Å². The molecule has 2 aliphatic heterocycles. The van der Waals surface area contributed by atoms with Crippen LogP contribution in [0.15, 0.2) is 22.2 Å². The van der Waals surface area contributed by atoms with Crippen molar-refractivity contribution in [2.24, 2.45) is 21.9 Å². The third kappa shape index (κ3) is 5.04. The molecule has 1 aromatic heterocycles. The number of amidine groups is 1. The van der Waals surface area contributed by atoms with Crippen LogP contribution in [0, 0.1) is 11.8 Å².